The number of carboxylic acids is 1. The Kier molecular flexibility index (Phi) is 3.73. The first-order chi connectivity index (χ1) is 8.54. The molecule has 4 heteroatoms. The second-order valence-electron chi connectivity index (χ2n) is 5.42. The zero-order chi connectivity index (χ0) is 13.3. The highest BCUT2D eigenvalue weighted by atomic mass is 16.4. The second-order valence-corrected chi connectivity index (χ2v) is 5.42. The Morgan fingerprint density at radius 1 is 1.50 bits per heavy atom. The Balaban J connectivity index is 2.30. The van der Waals surface area contributed by atoms with Gasteiger partial charge in [-0.3, -0.25) is 4.79 Å². The van der Waals surface area contributed by atoms with Crippen molar-refractivity contribution < 1.29 is 9.90 Å². The highest BCUT2D eigenvalue weighted by Gasteiger charge is 2.36. The first kappa shape index (κ1) is 13.1. The average Bonchev–Trinajstić information content (AvgIpc) is 2.69. The second kappa shape index (κ2) is 5.12. The van der Waals surface area contributed by atoms with E-state index < -0.39 is 5.97 Å². The van der Waals surface area contributed by atoms with Gasteiger partial charge in [0.15, 0.2) is 0 Å². The molecule has 1 saturated carbocycles. The molecule has 1 aliphatic carbocycles. The summed E-state index contributed by atoms with van der Waals surface area (Å²) in [6.45, 7) is 6.19. The molecule has 0 aliphatic heterocycles. The number of carbonyl (C=O) groups is 1. The first-order valence-corrected chi connectivity index (χ1v) is 6.77. The summed E-state index contributed by atoms with van der Waals surface area (Å²) < 4.78 is 2.08. The van der Waals surface area contributed by atoms with Crippen LogP contribution in [0.2, 0.25) is 0 Å². The molecule has 0 spiro atoms. The van der Waals surface area contributed by atoms with Crippen LogP contribution in [0.25, 0.3) is 0 Å². The van der Waals surface area contributed by atoms with Crippen LogP contribution < -0.4 is 0 Å². The number of aromatic nitrogens is 2. The van der Waals surface area contributed by atoms with Crippen LogP contribution >= 0.6 is 0 Å². The molecular formula is C14H22N2O2. The molecule has 0 amide bonds. The van der Waals surface area contributed by atoms with Crippen molar-refractivity contribution >= 4 is 5.97 Å². The van der Waals surface area contributed by atoms with Crippen LogP contribution in [0.15, 0.2) is 6.33 Å². The van der Waals surface area contributed by atoms with Crippen molar-refractivity contribution in [3.05, 3.63) is 17.7 Å². The van der Waals surface area contributed by atoms with Crippen molar-refractivity contribution in [3.8, 4) is 0 Å². The van der Waals surface area contributed by atoms with Gasteiger partial charge in [0.25, 0.3) is 0 Å². The summed E-state index contributed by atoms with van der Waals surface area (Å²) in [5, 5.41) is 9.39. The van der Waals surface area contributed by atoms with Gasteiger partial charge >= 0.3 is 5.97 Å². The van der Waals surface area contributed by atoms with Gasteiger partial charge in [0.2, 0.25) is 0 Å². The zero-order valence-electron chi connectivity index (χ0n) is 11.4. The van der Waals surface area contributed by atoms with Crippen molar-refractivity contribution in [2.24, 2.45) is 11.8 Å². The molecule has 1 aromatic rings. The Hall–Kier alpha value is -1.32. The van der Waals surface area contributed by atoms with E-state index in [0.29, 0.717) is 5.92 Å². The maximum absolute atomic E-state index is 11.4. The van der Waals surface area contributed by atoms with E-state index in [-0.39, 0.29) is 12.0 Å². The van der Waals surface area contributed by atoms with Gasteiger partial charge in [0.05, 0.1) is 17.9 Å². The molecular weight excluding hydrogens is 228 g/mol. The number of aliphatic carboxylic acids is 1. The summed E-state index contributed by atoms with van der Waals surface area (Å²) in [5.41, 5.74) is 2.10. The summed E-state index contributed by atoms with van der Waals surface area (Å²) in [5.74, 6) is -0.284. The quantitative estimate of drug-likeness (QED) is 0.897. The van der Waals surface area contributed by atoms with Crippen LogP contribution in [-0.2, 0) is 4.79 Å². The van der Waals surface area contributed by atoms with Crippen molar-refractivity contribution in [2.75, 3.05) is 0 Å². The number of aryl methyl sites for hydroxylation is 1. The Morgan fingerprint density at radius 2 is 2.22 bits per heavy atom. The maximum atomic E-state index is 11.4. The van der Waals surface area contributed by atoms with Gasteiger partial charge < -0.3 is 9.67 Å². The lowest BCUT2D eigenvalue weighted by atomic mass is 9.77. The van der Waals surface area contributed by atoms with Gasteiger partial charge in [0.1, 0.15) is 0 Å². The number of hydrogen-bond acceptors (Lipinski definition) is 2. The third-order valence-electron chi connectivity index (χ3n) is 4.46. The maximum Gasteiger partial charge on any atom is 0.308 e. The minimum absolute atomic E-state index is 0.0717. The van der Waals surface area contributed by atoms with Crippen LogP contribution in [-0.4, -0.2) is 20.6 Å². The van der Waals surface area contributed by atoms with Gasteiger partial charge in [-0.05, 0) is 39.0 Å². The Labute approximate surface area is 108 Å². The monoisotopic (exact) mass is 250 g/mol. The highest BCUT2D eigenvalue weighted by molar-refractivity contribution is 5.70. The lowest BCUT2D eigenvalue weighted by Crippen LogP contribution is -2.32. The molecule has 18 heavy (non-hydrogen) atoms. The zero-order valence-corrected chi connectivity index (χ0v) is 11.4. The van der Waals surface area contributed by atoms with Crippen molar-refractivity contribution in [3.63, 3.8) is 0 Å². The lowest BCUT2D eigenvalue weighted by molar-refractivity contribution is -0.145. The fraction of sp³-hybridized carbons (Fsp3) is 0.714. The number of hydrogen-bond donors (Lipinski definition) is 1. The molecule has 100 valence electrons. The van der Waals surface area contributed by atoms with E-state index >= 15 is 0 Å². The predicted octanol–water partition coefficient (Wildman–Crippen LogP) is 2.95. The summed E-state index contributed by atoms with van der Waals surface area (Å²) in [7, 11) is 0. The molecule has 1 heterocycles. The number of nitrogens with zero attached hydrogens (tertiary/aromatic N) is 2. The Morgan fingerprint density at radius 3 is 2.72 bits per heavy atom. The van der Waals surface area contributed by atoms with Crippen molar-refractivity contribution in [2.45, 2.75) is 52.5 Å². The number of carboxylic acid groups (broad SMARTS) is 1. The SMILES string of the molecule is CCC1CCC(C(=O)O)C(n2cnc(C)c2C)C1. The molecule has 3 unspecified atom stereocenters. The molecule has 1 aliphatic rings. The van der Waals surface area contributed by atoms with Gasteiger partial charge in [-0.1, -0.05) is 13.3 Å². The van der Waals surface area contributed by atoms with E-state index in [1.54, 1.807) is 0 Å². The highest BCUT2D eigenvalue weighted by Crippen LogP contribution is 2.39. The van der Waals surface area contributed by atoms with Gasteiger partial charge in [-0.25, -0.2) is 4.98 Å². The van der Waals surface area contributed by atoms with Crippen LogP contribution in [0.3, 0.4) is 0 Å². The number of imidazole rings is 1. The molecule has 2 rings (SSSR count). The molecule has 0 aromatic carbocycles. The van der Waals surface area contributed by atoms with E-state index in [4.69, 9.17) is 0 Å². The number of rotatable bonds is 3. The Bertz CT molecular complexity index is 439. The van der Waals surface area contributed by atoms with Crippen LogP contribution in [0.1, 0.15) is 50.0 Å². The summed E-state index contributed by atoms with van der Waals surface area (Å²) in [4.78, 5) is 15.7. The summed E-state index contributed by atoms with van der Waals surface area (Å²) >= 11 is 0. The molecule has 0 radical (unpaired) electrons. The van der Waals surface area contributed by atoms with Crippen LogP contribution in [0.5, 0.6) is 0 Å². The molecule has 0 saturated heterocycles. The van der Waals surface area contributed by atoms with E-state index in [1.807, 2.05) is 20.2 Å². The van der Waals surface area contributed by atoms with Gasteiger partial charge in [0, 0.05) is 11.7 Å². The van der Waals surface area contributed by atoms with Crippen molar-refractivity contribution in [1.82, 2.24) is 9.55 Å². The lowest BCUT2D eigenvalue weighted by Gasteiger charge is -2.35. The average molecular weight is 250 g/mol. The fourth-order valence-corrected chi connectivity index (χ4v) is 3.05. The third kappa shape index (κ3) is 2.28. The van der Waals surface area contributed by atoms with E-state index in [2.05, 4.69) is 16.5 Å². The molecule has 1 N–H and O–H groups in total. The molecule has 3 atom stereocenters. The van der Waals surface area contributed by atoms with Crippen LogP contribution in [0.4, 0.5) is 0 Å². The van der Waals surface area contributed by atoms with Crippen molar-refractivity contribution in [1.29, 1.82) is 0 Å². The molecule has 1 fully saturated rings. The predicted molar refractivity (Wildman–Crippen MR) is 69.5 cm³/mol. The molecule has 4 nitrogen and oxygen atoms in total. The minimum atomic E-state index is -0.666. The summed E-state index contributed by atoms with van der Waals surface area (Å²) in [6, 6.07) is 0.0717. The molecule has 0 bridgehead atoms. The topological polar surface area (TPSA) is 55.1 Å². The minimum Gasteiger partial charge on any atom is -0.481 e. The van der Waals surface area contributed by atoms with Gasteiger partial charge in [-0.15, -0.1) is 0 Å². The van der Waals surface area contributed by atoms with Crippen LogP contribution in [0, 0.1) is 25.7 Å². The molecule has 1 aromatic heterocycles. The standard InChI is InChI=1S/C14H22N2O2/c1-4-11-5-6-12(14(17)18)13(7-11)16-8-15-9(2)10(16)3/h8,11-13H,4-7H2,1-3H3,(H,17,18). The first-order valence-electron chi connectivity index (χ1n) is 6.77. The van der Waals surface area contributed by atoms with Gasteiger partial charge in [-0.2, -0.15) is 0 Å². The normalized spacial score (nSPS) is 28.3. The van der Waals surface area contributed by atoms with E-state index in [0.717, 1.165) is 37.1 Å². The largest absolute Gasteiger partial charge is 0.481 e. The third-order valence-corrected chi connectivity index (χ3v) is 4.46. The fourth-order valence-electron chi connectivity index (χ4n) is 3.05. The summed E-state index contributed by atoms with van der Waals surface area (Å²) in [6.07, 6.45) is 5.73. The van der Waals surface area contributed by atoms with E-state index in [9.17, 15) is 9.90 Å². The van der Waals surface area contributed by atoms with E-state index in [1.165, 1.54) is 0 Å². The smallest absolute Gasteiger partial charge is 0.308 e.